The fraction of sp³-hybridized carbons (Fsp3) is 0.211. The zero-order valence-corrected chi connectivity index (χ0v) is 12.1. The van der Waals surface area contributed by atoms with Crippen LogP contribution in [0.15, 0.2) is 60.7 Å². The number of carbonyl (C=O) groups is 1. The average Bonchev–Trinajstić information content (AvgIpc) is 2.52. The first kappa shape index (κ1) is 13.6. The third-order valence-corrected chi connectivity index (χ3v) is 3.75. The van der Waals surface area contributed by atoms with E-state index in [1.54, 1.807) is 6.08 Å². The average molecular weight is 278 g/mol. The van der Waals surface area contributed by atoms with E-state index >= 15 is 0 Å². The molecule has 0 saturated carbocycles. The van der Waals surface area contributed by atoms with Crippen molar-refractivity contribution in [1.29, 1.82) is 0 Å². The molecule has 0 radical (unpaired) electrons. The Labute approximate surface area is 125 Å². The second kappa shape index (κ2) is 5.96. The molecule has 0 spiro atoms. The van der Waals surface area contributed by atoms with Crippen LogP contribution in [-0.4, -0.2) is 5.78 Å². The molecular weight excluding hydrogens is 260 g/mol. The predicted molar refractivity (Wildman–Crippen MR) is 83.9 cm³/mol. The highest BCUT2D eigenvalue weighted by Crippen LogP contribution is 2.45. The molecule has 2 aromatic rings. The van der Waals surface area contributed by atoms with Crippen molar-refractivity contribution in [2.45, 2.75) is 25.7 Å². The van der Waals surface area contributed by atoms with Gasteiger partial charge in [0.15, 0.2) is 5.78 Å². The molecule has 0 aliphatic carbocycles. The lowest BCUT2D eigenvalue weighted by Crippen LogP contribution is -2.13. The Kier molecular flexibility index (Phi) is 3.87. The normalized spacial score (nSPS) is 13.6. The molecule has 0 fully saturated rings. The minimum absolute atomic E-state index is 0.0696. The van der Waals surface area contributed by atoms with Crippen molar-refractivity contribution in [3.05, 3.63) is 71.8 Å². The van der Waals surface area contributed by atoms with Gasteiger partial charge in [-0.15, -0.1) is 0 Å². The van der Waals surface area contributed by atoms with E-state index in [0.717, 1.165) is 29.0 Å². The summed E-state index contributed by atoms with van der Waals surface area (Å²) in [6.45, 7) is 2.03. The Morgan fingerprint density at radius 1 is 1.05 bits per heavy atom. The summed E-state index contributed by atoms with van der Waals surface area (Å²) in [6.07, 6.45) is 4.97. The summed E-state index contributed by atoms with van der Waals surface area (Å²) < 4.78 is 5.94. The van der Waals surface area contributed by atoms with Gasteiger partial charge in [-0.1, -0.05) is 49.4 Å². The maximum atomic E-state index is 12.2. The molecule has 0 aromatic heterocycles. The molecule has 3 rings (SSSR count). The molecule has 0 amide bonds. The molecular formula is C19H18O2. The Balaban J connectivity index is 1.98. The Bertz CT molecular complexity index is 640. The lowest BCUT2D eigenvalue weighted by Gasteiger charge is -2.27. The van der Waals surface area contributed by atoms with Gasteiger partial charge in [-0.05, 0) is 24.6 Å². The molecule has 2 nitrogen and oxygen atoms in total. The molecule has 1 aliphatic heterocycles. The van der Waals surface area contributed by atoms with E-state index in [9.17, 15) is 4.79 Å². The summed E-state index contributed by atoms with van der Waals surface area (Å²) in [6, 6.07) is 15.9. The van der Waals surface area contributed by atoms with Crippen molar-refractivity contribution in [3.8, 4) is 11.5 Å². The fourth-order valence-corrected chi connectivity index (χ4v) is 2.75. The number of benzene rings is 2. The molecule has 2 aromatic carbocycles. The van der Waals surface area contributed by atoms with Crippen LogP contribution < -0.4 is 4.74 Å². The molecule has 106 valence electrons. The zero-order valence-electron chi connectivity index (χ0n) is 12.1. The Morgan fingerprint density at radius 2 is 1.62 bits per heavy atom. The van der Waals surface area contributed by atoms with Crippen molar-refractivity contribution < 1.29 is 9.53 Å². The summed E-state index contributed by atoms with van der Waals surface area (Å²) in [7, 11) is 0. The van der Waals surface area contributed by atoms with Crippen molar-refractivity contribution in [3.63, 3.8) is 0 Å². The van der Waals surface area contributed by atoms with Crippen LogP contribution in [0.5, 0.6) is 11.5 Å². The maximum absolute atomic E-state index is 12.2. The van der Waals surface area contributed by atoms with E-state index in [1.165, 1.54) is 0 Å². The van der Waals surface area contributed by atoms with Gasteiger partial charge in [-0.25, -0.2) is 0 Å². The van der Waals surface area contributed by atoms with Gasteiger partial charge in [0.1, 0.15) is 11.5 Å². The first-order valence-electron chi connectivity index (χ1n) is 7.34. The first-order chi connectivity index (χ1) is 10.3. The van der Waals surface area contributed by atoms with E-state index in [2.05, 4.69) is 0 Å². The first-order valence-corrected chi connectivity index (χ1v) is 7.34. The van der Waals surface area contributed by atoms with Crippen molar-refractivity contribution in [2.75, 3.05) is 0 Å². The molecule has 0 N–H and O–H groups in total. The highest BCUT2D eigenvalue weighted by Gasteiger charge is 2.27. The molecule has 0 atom stereocenters. The lowest BCUT2D eigenvalue weighted by atomic mass is 9.84. The maximum Gasteiger partial charge on any atom is 0.156 e. The standard InChI is InChI=1S/C19H18O2/c1-2-3-8-14(20)13-17-15-9-4-6-11-18(15)21-19-12-7-5-10-16(17)19/h3-12,17H,2,13H2,1H3. The van der Waals surface area contributed by atoms with Crippen LogP contribution in [0.2, 0.25) is 0 Å². The quantitative estimate of drug-likeness (QED) is 0.747. The van der Waals surface area contributed by atoms with Gasteiger partial charge in [0, 0.05) is 23.5 Å². The topological polar surface area (TPSA) is 26.3 Å². The number of ketones is 1. The van der Waals surface area contributed by atoms with Crippen molar-refractivity contribution in [1.82, 2.24) is 0 Å². The summed E-state index contributed by atoms with van der Waals surface area (Å²) in [4.78, 5) is 12.2. The third kappa shape index (κ3) is 2.75. The number of para-hydroxylation sites is 2. The summed E-state index contributed by atoms with van der Waals surface area (Å²) in [5, 5.41) is 0. The Hall–Kier alpha value is -2.35. The van der Waals surface area contributed by atoms with E-state index in [4.69, 9.17) is 4.74 Å². The van der Waals surface area contributed by atoms with Gasteiger partial charge in [-0.2, -0.15) is 0 Å². The summed E-state index contributed by atoms with van der Waals surface area (Å²) >= 11 is 0. The number of hydrogen-bond acceptors (Lipinski definition) is 2. The van der Waals surface area contributed by atoms with E-state index in [0.29, 0.717) is 6.42 Å². The molecule has 1 aliphatic rings. The monoisotopic (exact) mass is 278 g/mol. The largest absolute Gasteiger partial charge is 0.457 e. The van der Waals surface area contributed by atoms with Gasteiger partial charge < -0.3 is 4.74 Å². The zero-order chi connectivity index (χ0) is 14.7. The van der Waals surface area contributed by atoms with Gasteiger partial charge >= 0.3 is 0 Å². The smallest absolute Gasteiger partial charge is 0.156 e. The van der Waals surface area contributed by atoms with Gasteiger partial charge in [0.2, 0.25) is 0 Å². The van der Waals surface area contributed by atoms with Crippen LogP contribution in [0.25, 0.3) is 0 Å². The van der Waals surface area contributed by atoms with Crippen LogP contribution in [0, 0.1) is 0 Å². The van der Waals surface area contributed by atoms with E-state index < -0.39 is 0 Å². The van der Waals surface area contributed by atoms with Gasteiger partial charge in [0.05, 0.1) is 0 Å². The molecule has 21 heavy (non-hydrogen) atoms. The molecule has 0 saturated heterocycles. The molecule has 0 bridgehead atoms. The Morgan fingerprint density at radius 3 is 2.19 bits per heavy atom. The van der Waals surface area contributed by atoms with Crippen LogP contribution in [0.4, 0.5) is 0 Å². The molecule has 2 heteroatoms. The number of allylic oxidation sites excluding steroid dienone is 2. The molecule has 1 heterocycles. The van der Waals surface area contributed by atoms with E-state index in [1.807, 2.05) is 61.5 Å². The number of fused-ring (bicyclic) bond motifs is 2. The second-order valence-electron chi connectivity index (χ2n) is 5.21. The van der Waals surface area contributed by atoms with Crippen molar-refractivity contribution in [2.24, 2.45) is 0 Å². The minimum atomic E-state index is 0.0696. The van der Waals surface area contributed by atoms with Crippen LogP contribution in [0.1, 0.15) is 36.8 Å². The number of carbonyl (C=O) groups excluding carboxylic acids is 1. The number of hydrogen-bond donors (Lipinski definition) is 0. The third-order valence-electron chi connectivity index (χ3n) is 3.75. The predicted octanol–water partition coefficient (Wildman–Crippen LogP) is 4.85. The summed E-state index contributed by atoms with van der Waals surface area (Å²) in [5.41, 5.74) is 2.18. The second-order valence-corrected chi connectivity index (χ2v) is 5.21. The fourth-order valence-electron chi connectivity index (χ4n) is 2.75. The number of ether oxygens (including phenoxy) is 1. The summed E-state index contributed by atoms with van der Waals surface area (Å²) in [5.74, 6) is 1.94. The van der Waals surface area contributed by atoms with Crippen LogP contribution >= 0.6 is 0 Å². The van der Waals surface area contributed by atoms with E-state index in [-0.39, 0.29) is 11.7 Å². The van der Waals surface area contributed by atoms with Gasteiger partial charge in [-0.3, -0.25) is 4.79 Å². The SMILES string of the molecule is CCC=CC(=O)CC1c2ccccc2Oc2ccccc21. The highest BCUT2D eigenvalue weighted by atomic mass is 16.5. The lowest BCUT2D eigenvalue weighted by molar-refractivity contribution is -0.114. The highest BCUT2D eigenvalue weighted by molar-refractivity contribution is 5.90. The van der Waals surface area contributed by atoms with Crippen LogP contribution in [-0.2, 0) is 4.79 Å². The minimum Gasteiger partial charge on any atom is -0.457 e. The van der Waals surface area contributed by atoms with Crippen LogP contribution in [0.3, 0.4) is 0 Å². The number of rotatable bonds is 4. The van der Waals surface area contributed by atoms with Crippen molar-refractivity contribution >= 4 is 5.78 Å². The van der Waals surface area contributed by atoms with Gasteiger partial charge in [0.25, 0.3) is 0 Å². The molecule has 0 unspecified atom stereocenters.